The molecule has 3 rings (SSSR count). The minimum atomic E-state index is 0.345. The van der Waals surface area contributed by atoms with Crippen LogP contribution in [0.25, 0.3) is 22.7 Å². The largest absolute Gasteiger partial charge is 0.348 e. The molecule has 0 saturated carbocycles. The molecule has 0 unspecified atom stereocenters. The van der Waals surface area contributed by atoms with E-state index in [1.54, 1.807) is 0 Å². The Morgan fingerprint density at radius 2 is 2.18 bits per heavy atom. The lowest BCUT2D eigenvalue weighted by atomic mass is 10.2. The summed E-state index contributed by atoms with van der Waals surface area (Å²) in [6.45, 7) is 2.13. The van der Waals surface area contributed by atoms with Crippen molar-refractivity contribution in [3.8, 4) is 23.4 Å². The van der Waals surface area contributed by atoms with Crippen LogP contribution in [0.1, 0.15) is 32.0 Å². The lowest BCUT2D eigenvalue weighted by Crippen LogP contribution is -1.91. The van der Waals surface area contributed by atoms with E-state index in [-0.39, 0.29) is 0 Å². The third-order valence-electron chi connectivity index (χ3n) is 3.35. The Morgan fingerprint density at radius 3 is 2.91 bits per heavy atom. The van der Waals surface area contributed by atoms with Gasteiger partial charge < -0.3 is 9.55 Å². The van der Waals surface area contributed by atoms with Crippen LogP contribution < -0.4 is 0 Å². The molecule has 0 saturated heterocycles. The number of hydrogen-bond donors (Lipinski definition) is 1. The Hall–Kier alpha value is -2.32. The van der Waals surface area contributed by atoms with Gasteiger partial charge in [0.15, 0.2) is 16.6 Å². The van der Waals surface area contributed by atoms with E-state index >= 15 is 0 Å². The van der Waals surface area contributed by atoms with Crippen LogP contribution in [0.3, 0.4) is 0 Å². The van der Waals surface area contributed by atoms with E-state index in [1.165, 1.54) is 0 Å². The highest BCUT2D eigenvalue weighted by Gasteiger charge is 2.13. The van der Waals surface area contributed by atoms with Crippen LogP contribution in [0.15, 0.2) is 18.3 Å². The highest BCUT2D eigenvalue weighted by atomic mass is 35.5. The Labute approximate surface area is 133 Å². The zero-order valence-electron chi connectivity index (χ0n) is 12.5. The van der Waals surface area contributed by atoms with E-state index in [2.05, 4.69) is 38.7 Å². The number of halogens is 1. The number of aromatic amines is 1. The number of imidazole rings is 1. The summed E-state index contributed by atoms with van der Waals surface area (Å²) in [6.07, 6.45) is 4.99. The molecule has 3 aromatic rings. The fourth-order valence-corrected chi connectivity index (χ4v) is 2.37. The SMILES string of the molecule is CCCCC#Cc1nc(Cl)c2[nH]c(-c3cccn3C)nc2n1. The molecule has 3 aromatic heterocycles. The van der Waals surface area contributed by atoms with E-state index in [0.29, 0.717) is 22.1 Å². The number of rotatable bonds is 3. The molecule has 0 aliphatic carbocycles. The molecular weight excluding hydrogens is 298 g/mol. The summed E-state index contributed by atoms with van der Waals surface area (Å²) in [5.74, 6) is 7.15. The lowest BCUT2D eigenvalue weighted by molar-refractivity contribution is 0.828. The third-order valence-corrected chi connectivity index (χ3v) is 3.62. The van der Waals surface area contributed by atoms with Crippen LogP contribution in [-0.4, -0.2) is 24.5 Å². The second kappa shape index (κ2) is 6.20. The summed E-state index contributed by atoms with van der Waals surface area (Å²) >= 11 is 6.22. The second-order valence-electron chi connectivity index (χ2n) is 5.03. The molecule has 3 heterocycles. The fourth-order valence-electron chi connectivity index (χ4n) is 2.15. The van der Waals surface area contributed by atoms with Crippen molar-refractivity contribution in [2.45, 2.75) is 26.2 Å². The van der Waals surface area contributed by atoms with Crippen LogP contribution in [0.2, 0.25) is 5.15 Å². The maximum absolute atomic E-state index is 6.22. The molecule has 0 atom stereocenters. The van der Waals surface area contributed by atoms with Crippen molar-refractivity contribution in [1.29, 1.82) is 0 Å². The number of fused-ring (bicyclic) bond motifs is 1. The first-order valence-corrected chi connectivity index (χ1v) is 7.60. The average Bonchev–Trinajstić information content (AvgIpc) is 3.09. The number of hydrogen-bond acceptors (Lipinski definition) is 3. The predicted molar refractivity (Wildman–Crippen MR) is 87.5 cm³/mol. The quantitative estimate of drug-likeness (QED) is 0.457. The molecule has 0 aliphatic rings. The van der Waals surface area contributed by atoms with Crippen LogP contribution in [0.5, 0.6) is 0 Å². The molecule has 0 amide bonds. The number of unbranched alkanes of at least 4 members (excludes halogenated alkanes) is 2. The summed E-state index contributed by atoms with van der Waals surface area (Å²) in [6, 6.07) is 3.94. The van der Waals surface area contributed by atoms with Gasteiger partial charge in [0, 0.05) is 19.7 Å². The highest BCUT2D eigenvalue weighted by molar-refractivity contribution is 6.33. The molecule has 0 aliphatic heterocycles. The van der Waals surface area contributed by atoms with Gasteiger partial charge in [0.1, 0.15) is 5.52 Å². The summed E-state index contributed by atoms with van der Waals surface area (Å²) in [7, 11) is 1.96. The minimum absolute atomic E-state index is 0.345. The Kier molecular flexibility index (Phi) is 4.12. The highest BCUT2D eigenvalue weighted by Crippen LogP contribution is 2.23. The van der Waals surface area contributed by atoms with Gasteiger partial charge in [-0.05, 0) is 24.5 Å². The summed E-state index contributed by atoms with van der Waals surface area (Å²) < 4.78 is 1.98. The third kappa shape index (κ3) is 2.83. The van der Waals surface area contributed by atoms with Crippen molar-refractivity contribution in [3.05, 3.63) is 29.3 Å². The van der Waals surface area contributed by atoms with E-state index in [9.17, 15) is 0 Å². The van der Waals surface area contributed by atoms with Gasteiger partial charge in [-0.2, -0.15) is 4.98 Å². The van der Waals surface area contributed by atoms with Gasteiger partial charge in [-0.3, -0.25) is 0 Å². The average molecular weight is 314 g/mol. The van der Waals surface area contributed by atoms with Crippen molar-refractivity contribution in [2.75, 3.05) is 0 Å². The van der Waals surface area contributed by atoms with Crippen molar-refractivity contribution in [1.82, 2.24) is 24.5 Å². The van der Waals surface area contributed by atoms with Gasteiger partial charge in [0.05, 0.1) is 5.69 Å². The number of H-pyrrole nitrogens is 1. The van der Waals surface area contributed by atoms with Crippen LogP contribution in [-0.2, 0) is 7.05 Å². The second-order valence-corrected chi connectivity index (χ2v) is 5.39. The Morgan fingerprint density at radius 1 is 1.32 bits per heavy atom. The van der Waals surface area contributed by atoms with E-state index in [1.807, 2.05) is 29.9 Å². The summed E-state index contributed by atoms with van der Waals surface area (Å²) in [5, 5.41) is 0.345. The first-order valence-electron chi connectivity index (χ1n) is 7.23. The summed E-state index contributed by atoms with van der Waals surface area (Å²) in [5.41, 5.74) is 2.14. The van der Waals surface area contributed by atoms with Gasteiger partial charge in [0.25, 0.3) is 0 Å². The van der Waals surface area contributed by atoms with Gasteiger partial charge in [-0.1, -0.05) is 30.9 Å². The molecule has 0 fully saturated rings. The number of aromatic nitrogens is 5. The topological polar surface area (TPSA) is 59.4 Å². The van der Waals surface area contributed by atoms with E-state index in [0.717, 1.165) is 30.8 Å². The Bertz CT molecular complexity index is 866. The Balaban J connectivity index is 1.99. The van der Waals surface area contributed by atoms with E-state index in [4.69, 9.17) is 11.6 Å². The predicted octanol–water partition coefficient (Wildman–Crippen LogP) is 3.55. The first kappa shape index (κ1) is 14.6. The number of aryl methyl sites for hydroxylation is 1. The maximum Gasteiger partial charge on any atom is 0.208 e. The molecule has 5 nitrogen and oxygen atoms in total. The summed E-state index contributed by atoms with van der Waals surface area (Å²) in [4.78, 5) is 16.3. The zero-order valence-corrected chi connectivity index (χ0v) is 13.3. The molecule has 0 aromatic carbocycles. The number of nitrogens with zero attached hydrogens (tertiary/aromatic N) is 4. The zero-order chi connectivity index (χ0) is 15.5. The molecule has 22 heavy (non-hydrogen) atoms. The smallest absolute Gasteiger partial charge is 0.208 e. The van der Waals surface area contributed by atoms with Gasteiger partial charge in [0.2, 0.25) is 5.82 Å². The molecular formula is C16H16ClN5. The van der Waals surface area contributed by atoms with E-state index < -0.39 is 0 Å². The van der Waals surface area contributed by atoms with Gasteiger partial charge in [-0.25, -0.2) is 9.97 Å². The monoisotopic (exact) mass is 313 g/mol. The normalized spacial score (nSPS) is 10.7. The van der Waals surface area contributed by atoms with Crippen molar-refractivity contribution >= 4 is 22.8 Å². The van der Waals surface area contributed by atoms with Gasteiger partial charge >= 0.3 is 0 Å². The first-order chi connectivity index (χ1) is 10.7. The molecule has 0 bridgehead atoms. The van der Waals surface area contributed by atoms with Crippen LogP contribution >= 0.6 is 11.6 Å². The fraction of sp³-hybridized carbons (Fsp3) is 0.312. The van der Waals surface area contributed by atoms with Crippen molar-refractivity contribution in [2.24, 2.45) is 7.05 Å². The number of nitrogens with one attached hydrogen (secondary N) is 1. The van der Waals surface area contributed by atoms with Gasteiger partial charge in [-0.15, -0.1) is 0 Å². The molecule has 1 N–H and O–H groups in total. The standard InChI is InChI=1S/C16H16ClN5/c1-3-4-5-6-9-12-18-14(17)13-16(19-12)21-15(20-13)11-8-7-10-22(11)2/h7-8,10H,3-5H2,1-2H3,(H,18,19,20,21). The van der Waals surface area contributed by atoms with Crippen LogP contribution in [0, 0.1) is 11.8 Å². The van der Waals surface area contributed by atoms with Crippen molar-refractivity contribution < 1.29 is 0 Å². The molecule has 0 spiro atoms. The molecule has 6 heteroatoms. The maximum atomic E-state index is 6.22. The minimum Gasteiger partial charge on any atom is -0.348 e. The molecule has 0 radical (unpaired) electrons. The lowest BCUT2D eigenvalue weighted by Gasteiger charge is -1.97. The molecule has 112 valence electrons. The van der Waals surface area contributed by atoms with Crippen molar-refractivity contribution in [3.63, 3.8) is 0 Å². The van der Waals surface area contributed by atoms with Crippen LogP contribution in [0.4, 0.5) is 0 Å².